The van der Waals surface area contributed by atoms with E-state index in [9.17, 15) is 0 Å². The number of rotatable bonds is 8. The van der Waals surface area contributed by atoms with E-state index in [1.807, 2.05) is 12.1 Å². The second kappa shape index (κ2) is 17.1. The average Bonchev–Trinajstić information content (AvgIpc) is 4.25. The van der Waals surface area contributed by atoms with Crippen molar-refractivity contribution in [3.05, 3.63) is 215 Å². The van der Waals surface area contributed by atoms with Gasteiger partial charge in [0.15, 0.2) is 0 Å². The van der Waals surface area contributed by atoms with Crippen LogP contribution in [0.3, 0.4) is 0 Å². The van der Waals surface area contributed by atoms with E-state index in [0.717, 1.165) is 155 Å². The summed E-state index contributed by atoms with van der Waals surface area (Å²) < 4.78 is 26.4. The van der Waals surface area contributed by atoms with Gasteiger partial charge in [0.05, 0.1) is 11.4 Å². The predicted molar refractivity (Wildman–Crippen MR) is 327 cm³/mol. The molecule has 4 aromatic heterocycles. The highest BCUT2D eigenvalue weighted by atomic mass is 16.3. The Morgan fingerprint density at radius 3 is 1.09 bits per heavy atom. The third-order valence-corrected chi connectivity index (χ3v) is 16.7. The summed E-state index contributed by atoms with van der Waals surface area (Å²) in [7, 11) is 0. The topological polar surface area (TPSA) is 59.0 Å². The van der Waals surface area contributed by atoms with Gasteiger partial charge in [0.25, 0.3) is 0 Å². The summed E-state index contributed by atoms with van der Waals surface area (Å²) in [6.45, 7) is 17.8. The molecule has 4 heterocycles. The molecule has 0 N–H and O–H groups in total. The molecule has 78 heavy (non-hydrogen) atoms. The van der Waals surface area contributed by atoms with Gasteiger partial charge in [0, 0.05) is 71.9 Å². The summed E-state index contributed by atoms with van der Waals surface area (Å²) in [4.78, 5) is 4.82. The van der Waals surface area contributed by atoms with Crippen LogP contribution in [0.4, 0.5) is 34.1 Å². The fourth-order valence-electron chi connectivity index (χ4n) is 12.8. The Morgan fingerprint density at radius 2 is 0.667 bits per heavy atom. The SMILES string of the molecule is Cc1cc2oc3ccccc3c2c(C)c1N(c1ccc(C(C)C)cc1)c1ccc2cc3c(cc2c1)oc1cc2oc4cc5cc(N(c6ccc(C(C)C)cc6)c6c(C)cc7oc8ccccc8c7c6C)ccc5cc4c2cc13. The molecule has 6 heteroatoms. The zero-order chi connectivity index (χ0) is 52.8. The fraction of sp³-hybridized carbons (Fsp3) is 0.139. The maximum absolute atomic E-state index is 6.78. The van der Waals surface area contributed by atoms with Crippen molar-refractivity contribution in [3.63, 3.8) is 0 Å². The summed E-state index contributed by atoms with van der Waals surface area (Å²) >= 11 is 0. The number of hydrogen-bond donors (Lipinski definition) is 0. The number of anilines is 6. The number of aryl methyl sites for hydroxylation is 4. The average molecular weight is 1010 g/mol. The van der Waals surface area contributed by atoms with Crippen molar-refractivity contribution in [1.82, 2.24) is 0 Å². The zero-order valence-corrected chi connectivity index (χ0v) is 45.0. The monoisotopic (exact) mass is 1010 g/mol. The highest BCUT2D eigenvalue weighted by Crippen LogP contribution is 2.48. The molecule has 0 aliphatic heterocycles. The van der Waals surface area contributed by atoms with E-state index in [1.54, 1.807) is 0 Å². The minimum atomic E-state index is 0.427. The fourth-order valence-corrected chi connectivity index (χ4v) is 12.8. The molecule has 6 nitrogen and oxygen atoms in total. The lowest BCUT2D eigenvalue weighted by Crippen LogP contribution is -2.13. The Morgan fingerprint density at radius 1 is 0.295 bits per heavy atom. The first-order valence-electron chi connectivity index (χ1n) is 27.3. The van der Waals surface area contributed by atoms with Crippen LogP contribution in [0.2, 0.25) is 0 Å². The predicted octanol–water partition coefficient (Wildman–Crippen LogP) is 22.0. The molecule has 0 saturated heterocycles. The molecule has 11 aromatic carbocycles. The smallest absolute Gasteiger partial charge is 0.139 e. The van der Waals surface area contributed by atoms with Crippen LogP contribution in [0, 0.1) is 27.7 Å². The normalized spacial score (nSPS) is 12.3. The number of fused-ring (bicyclic) bond motifs is 14. The largest absolute Gasteiger partial charge is 0.456 e. The van der Waals surface area contributed by atoms with E-state index in [0.29, 0.717) is 11.8 Å². The summed E-state index contributed by atoms with van der Waals surface area (Å²) in [5, 5.41) is 13.3. The van der Waals surface area contributed by atoms with Gasteiger partial charge < -0.3 is 27.5 Å². The van der Waals surface area contributed by atoms with E-state index in [1.165, 1.54) is 22.3 Å². The Balaban J connectivity index is 0.836. The van der Waals surface area contributed by atoms with Gasteiger partial charge in [0.1, 0.15) is 44.7 Å². The van der Waals surface area contributed by atoms with Crippen molar-refractivity contribution >= 4 is 143 Å². The molecule has 0 aliphatic carbocycles. The molecule has 0 spiro atoms. The molecule has 0 saturated carbocycles. The van der Waals surface area contributed by atoms with Crippen LogP contribution in [-0.2, 0) is 0 Å². The second-order valence-electron chi connectivity index (χ2n) is 22.2. The number of nitrogens with zero attached hydrogens (tertiary/aromatic N) is 2. The van der Waals surface area contributed by atoms with Crippen LogP contribution < -0.4 is 9.80 Å². The summed E-state index contributed by atoms with van der Waals surface area (Å²) in [6, 6.07) is 66.1. The van der Waals surface area contributed by atoms with E-state index in [4.69, 9.17) is 17.7 Å². The molecule has 0 bridgehead atoms. The van der Waals surface area contributed by atoms with Crippen molar-refractivity contribution in [1.29, 1.82) is 0 Å². The second-order valence-corrected chi connectivity index (χ2v) is 22.2. The maximum atomic E-state index is 6.78. The third kappa shape index (κ3) is 7.02. The summed E-state index contributed by atoms with van der Waals surface area (Å²) in [5.41, 5.74) is 20.8. The van der Waals surface area contributed by atoms with E-state index >= 15 is 0 Å². The third-order valence-electron chi connectivity index (χ3n) is 16.7. The molecule has 0 atom stereocenters. The first kappa shape index (κ1) is 46.1. The minimum Gasteiger partial charge on any atom is -0.456 e. The molecule has 0 fully saturated rings. The van der Waals surface area contributed by atoms with Crippen molar-refractivity contribution in [2.24, 2.45) is 0 Å². The first-order valence-corrected chi connectivity index (χ1v) is 27.3. The van der Waals surface area contributed by atoms with E-state index in [2.05, 4.69) is 235 Å². The summed E-state index contributed by atoms with van der Waals surface area (Å²) in [5.74, 6) is 0.854. The lowest BCUT2D eigenvalue weighted by atomic mass is 9.98. The Kier molecular flexibility index (Phi) is 10.1. The molecule has 15 aromatic rings. The lowest BCUT2D eigenvalue weighted by molar-refractivity contribution is 0.656. The van der Waals surface area contributed by atoms with Gasteiger partial charge in [0.2, 0.25) is 0 Å². The minimum absolute atomic E-state index is 0.427. The maximum Gasteiger partial charge on any atom is 0.139 e. The molecule has 15 rings (SSSR count). The van der Waals surface area contributed by atoms with Gasteiger partial charge >= 0.3 is 0 Å². The number of benzene rings is 11. The van der Waals surface area contributed by atoms with Gasteiger partial charge in [-0.25, -0.2) is 0 Å². The number of furan rings is 4. The molecular formula is C72H56N2O4. The Bertz CT molecular complexity index is 4660. The standard InChI is InChI=1S/C72H56N2O4/c1-39(2)45-17-23-51(24-18-45)73(71-41(5)29-67-69(43(71)7)55-13-9-11-15-61(55)75-67)53-27-21-47-33-57-59-37-60-58-34-48-22-28-54(32-50(48)36-64(58)78-66(60)38-65(59)77-63(57)35-49(47)31-53)74(52-25-19-46(20-26-52)40(3)4)72-42(6)30-68-70(44(72)8)56-14-10-12-16-62(56)76-68/h9-40H,1-8H3. The molecule has 378 valence electrons. The zero-order valence-electron chi connectivity index (χ0n) is 45.0. The van der Waals surface area contributed by atoms with Crippen LogP contribution in [0.5, 0.6) is 0 Å². The van der Waals surface area contributed by atoms with Gasteiger partial charge in [-0.1, -0.05) is 100 Å². The highest BCUT2D eigenvalue weighted by molar-refractivity contribution is 6.19. The first-order chi connectivity index (χ1) is 37.9. The molecule has 0 amide bonds. The van der Waals surface area contributed by atoms with Crippen LogP contribution in [0.1, 0.15) is 72.9 Å². The molecule has 0 unspecified atom stereocenters. The highest BCUT2D eigenvalue weighted by Gasteiger charge is 2.25. The lowest BCUT2D eigenvalue weighted by Gasteiger charge is -2.29. The van der Waals surface area contributed by atoms with Crippen LogP contribution in [0.15, 0.2) is 200 Å². The van der Waals surface area contributed by atoms with Gasteiger partial charge in [-0.2, -0.15) is 0 Å². The summed E-state index contributed by atoms with van der Waals surface area (Å²) in [6.07, 6.45) is 0. The quantitative estimate of drug-likeness (QED) is 0.151. The number of hydrogen-bond acceptors (Lipinski definition) is 6. The van der Waals surface area contributed by atoms with Crippen LogP contribution in [-0.4, -0.2) is 0 Å². The Labute approximate surface area is 451 Å². The number of para-hydroxylation sites is 2. The van der Waals surface area contributed by atoms with Crippen molar-refractivity contribution in [2.45, 2.75) is 67.2 Å². The van der Waals surface area contributed by atoms with Gasteiger partial charge in [-0.3, -0.25) is 0 Å². The Hall–Kier alpha value is -9.26. The van der Waals surface area contributed by atoms with Crippen molar-refractivity contribution < 1.29 is 17.7 Å². The molecule has 0 radical (unpaired) electrons. The van der Waals surface area contributed by atoms with Crippen LogP contribution in [0.25, 0.3) is 109 Å². The van der Waals surface area contributed by atoms with Crippen molar-refractivity contribution in [2.75, 3.05) is 9.80 Å². The van der Waals surface area contributed by atoms with Gasteiger partial charge in [-0.15, -0.1) is 0 Å². The van der Waals surface area contributed by atoms with Crippen LogP contribution >= 0.6 is 0 Å². The van der Waals surface area contributed by atoms with Gasteiger partial charge in [-0.05, 0) is 198 Å². The van der Waals surface area contributed by atoms with E-state index < -0.39 is 0 Å². The van der Waals surface area contributed by atoms with E-state index in [-0.39, 0.29) is 0 Å². The molecular weight excluding hydrogens is 957 g/mol. The molecule has 0 aliphatic rings. The van der Waals surface area contributed by atoms with Crippen molar-refractivity contribution in [3.8, 4) is 0 Å².